The Bertz CT molecular complexity index is 861. The third kappa shape index (κ3) is 4.55. The molecule has 2 aromatic carbocycles. The van der Waals surface area contributed by atoms with Crippen molar-refractivity contribution in [3.8, 4) is 0 Å². The Labute approximate surface area is 162 Å². The molecule has 0 saturated carbocycles. The van der Waals surface area contributed by atoms with Gasteiger partial charge in [0.25, 0.3) is 5.91 Å². The summed E-state index contributed by atoms with van der Waals surface area (Å²) in [6.07, 6.45) is -0.632. The van der Waals surface area contributed by atoms with Crippen LogP contribution in [-0.2, 0) is 6.54 Å². The maximum absolute atomic E-state index is 12.5. The lowest BCUT2D eigenvalue weighted by Gasteiger charge is -2.09. The van der Waals surface area contributed by atoms with Crippen molar-refractivity contribution in [3.63, 3.8) is 0 Å². The van der Waals surface area contributed by atoms with Crippen LogP contribution in [0, 0.1) is 0 Å². The van der Waals surface area contributed by atoms with Crippen molar-refractivity contribution >= 4 is 29.0 Å². The summed E-state index contributed by atoms with van der Waals surface area (Å²) in [6, 6.07) is 21.1. The van der Waals surface area contributed by atoms with E-state index in [1.54, 1.807) is 11.8 Å². The van der Waals surface area contributed by atoms with Gasteiger partial charge in [-0.3, -0.25) is 4.79 Å². The fourth-order valence-corrected chi connectivity index (χ4v) is 4.40. The second kappa shape index (κ2) is 9.03. The number of amides is 1. The predicted molar refractivity (Wildman–Crippen MR) is 109 cm³/mol. The van der Waals surface area contributed by atoms with Gasteiger partial charge in [0.1, 0.15) is 6.10 Å². The van der Waals surface area contributed by atoms with Gasteiger partial charge in [-0.1, -0.05) is 49.4 Å². The molecular formula is C21H21NO2S2. The maximum atomic E-state index is 12.5. The van der Waals surface area contributed by atoms with E-state index < -0.39 is 6.10 Å². The molecule has 1 unspecified atom stereocenters. The normalized spacial score (nSPS) is 11.9. The molecule has 134 valence electrons. The molecule has 0 bridgehead atoms. The summed E-state index contributed by atoms with van der Waals surface area (Å²) in [6.45, 7) is 2.53. The molecule has 0 aliphatic carbocycles. The van der Waals surface area contributed by atoms with Gasteiger partial charge in [-0.25, -0.2) is 0 Å². The Morgan fingerprint density at radius 1 is 1.08 bits per heavy atom. The maximum Gasteiger partial charge on any atom is 0.252 e. The first-order chi connectivity index (χ1) is 12.7. The molecule has 3 aromatic rings. The molecule has 3 nitrogen and oxygen atoms in total. The fourth-order valence-electron chi connectivity index (χ4n) is 2.63. The lowest BCUT2D eigenvalue weighted by Crippen LogP contribution is -2.22. The van der Waals surface area contributed by atoms with Gasteiger partial charge in [-0.2, -0.15) is 0 Å². The third-order valence-electron chi connectivity index (χ3n) is 3.92. The van der Waals surface area contributed by atoms with Gasteiger partial charge >= 0.3 is 0 Å². The quantitative estimate of drug-likeness (QED) is 0.572. The minimum atomic E-state index is -0.632. The molecular weight excluding hydrogens is 362 g/mol. The number of rotatable bonds is 7. The predicted octanol–water partition coefficient (Wildman–Crippen LogP) is 4.87. The van der Waals surface area contributed by atoms with Gasteiger partial charge in [0, 0.05) is 14.6 Å². The molecule has 0 radical (unpaired) electrons. The monoisotopic (exact) mass is 383 g/mol. The highest BCUT2D eigenvalue weighted by molar-refractivity contribution is 7.99. The summed E-state index contributed by atoms with van der Waals surface area (Å²) >= 11 is 3.18. The molecule has 26 heavy (non-hydrogen) atoms. The van der Waals surface area contributed by atoms with E-state index in [0.29, 0.717) is 12.1 Å². The van der Waals surface area contributed by atoms with E-state index in [1.807, 2.05) is 66.7 Å². The topological polar surface area (TPSA) is 49.3 Å². The molecule has 1 heterocycles. The Morgan fingerprint density at radius 3 is 2.58 bits per heavy atom. The van der Waals surface area contributed by atoms with Crippen molar-refractivity contribution < 1.29 is 9.90 Å². The second-order valence-electron chi connectivity index (χ2n) is 5.73. The molecule has 0 aliphatic rings. The SMILES string of the molecule is CCSc1ccccc1C(=O)NCc1ccc(C(O)c2ccccc2)s1. The van der Waals surface area contributed by atoms with Crippen molar-refractivity contribution in [2.45, 2.75) is 24.5 Å². The van der Waals surface area contributed by atoms with Crippen LogP contribution in [0.1, 0.15) is 38.7 Å². The highest BCUT2D eigenvalue weighted by atomic mass is 32.2. The standard InChI is InChI=1S/C21H21NO2S2/c1-2-25-18-11-7-6-10-17(18)21(24)22-14-16-12-13-19(26-16)20(23)15-8-4-3-5-9-15/h3-13,20,23H,2,14H2,1H3,(H,22,24). The van der Waals surface area contributed by atoms with Crippen LogP contribution in [-0.4, -0.2) is 16.8 Å². The Balaban J connectivity index is 1.64. The average molecular weight is 384 g/mol. The van der Waals surface area contributed by atoms with Gasteiger partial charge in [0.05, 0.1) is 12.1 Å². The highest BCUT2D eigenvalue weighted by Gasteiger charge is 2.14. The zero-order valence-electron chi connectivity index (χ0n) is 14.5. The van der Waals surface area contributed by atoms with E-state index >= 15 is 0 Å². The molecule has 0 fully saturated rings. The number of carbonyl (C=O) groups is 1. The smallest absolute Gasteiger partial charge is 0.252 e. The number of thiophene rings is 1. The van der Waals surface area contributed by atoms with Gasteiger partial charge in [-0.05, 0) is 35.6 Å². The Hall–Kier alpha value is -2.08. The summed E-state index contributed by atoms with van der Waals surface area (Å²) in [4.78, 5) is 15.4. The average Bonchev–Trinajstić information content (AvgIpc) is 3.16. The first-order valence-corrected chi connectivity index (χ1v) is 10.3. The number of thioether (sulfide) groups is 1. The van der Waals surface area contributed by atoms with Crippen molar-refractivity contribution in [1.82, 2.24) is 5.32 Å². The summed E-state index contributed by atoms with van der Waals surface area (Å²) in [5, 5.41) is 13.5. The molecule has 5 heteroatoms. The molecule has 1 atom stereocenters. The van der Waals surface area contributed by atoms with E-state index in [9.17, 15) is 9.90 Å². The summed E-state index contributed by atoms with van der Waals surface area (Å²) in [5.41, 5.74) is 1.58. The summed E-state index contributed by atoms with van der Waals surface area (Å²) < 4.78 is 0. The lowest BCUT2D eigenvalue weighted by atomic mass is 10.1. The lowest BCUT2D eigenvalue weighted by molar-refractivity contribution is 0.0948. The molecule has 2 N–H and O–H groups in total. The van der Waals surface area contributed by atoms with E-state index in [2.05, 4.69) is 12.2 Å². The number of hydrogen-bond donors (Lipinski definition) is 2. The molecule has 1 aromatic heterocycles. The second-order valence-corrected chi connectivity index (χ2v) is 8.23. The molecule has 1 amide bonds. The number of aliphatic hydroxyl groups excluding tert-OH is 1. The largest absolute Gasteiger partial charge is 0.383 e. The fraction of sp³-hybridized carbons (Fsp3) is 0.190. The van der Waals surface area contributed by atoms with Crippen LogP contribution in [0.3, 0.4) is 0 Å². The number of hydrogen-bond acceptors (Lipinski definition) is 4. The first-order valence-electron chi connectivity index (χ1n) is 8.50. The first kappa shape index (κ1) is 18.7. The summed E-state index contributed by atoms with van der Waals surface area (Å²) in [5.74, 6) is 0.857. The number of nitrogens with one attached hydrogen (secondary N) is 1. The van der Waals surface area contributed by atoms with Crippen LogP contribution in [0.5, 0.6) is 0 Å². The molecule has 3 rings (SSSR count). The molecule has 0 aliphatic heterocycles. The van der Waals surface area contributed by atoms with Crippen LogP contribution in [0.4, 0.5) is 0 Å². The van der Waals surface area contributed by atoms with E-state index in [1.165, 1.54) is 11.3 Å². The van der Waals surface area contributed by atoms with E-state index in [0.717, 1.165) is 26.0 Å². The van der Waals surface area contributed by atoms with Crippen LogP contribution in [0.15, 0.2) is 71.6 Å². The number of carbonyl (C=O) groups excluding carboxylic acids is 1. The number of benzene rings is 2. The zero-order valence-corrected chi connectivity index (χ0v) is 16.1. The Morgan fingerprint density at radius 2 is 1.81 bits per heavy atom. The zero-order chi connectivity index (χ0) is 18.4. The van der Waals surface area contributed by atoms with Crippen molar-refractivity contribution in [1.29, 1.82) is 0 Å². The van der Waals surface area contributed by atoms with Crippen LogP contribution >= 0.6 is 23.1 Å². The molecule has 0 saturated heterocycles. The van der Waals surface area contributed by atoms with Crippen LogP contribution in [0.25, 0.3) is 0 Å². The van der Waals surface area contributed by atoms with Crippen molar-refractivity contribution in [2.75, 3.05) is 5.75 Å². The van der Waals surface area contributed by atoms with Gasteiger partial charge < -0.3 is 10.4 Å². The van der Waals surface area contributed by atoms with Gasteiger partial charge in [0.15, 0.2) is 0 Å². The minimum absolute atomic E-state index is 0.0693. The van der Waals surface area contributed by atoms with Gasteiger partial charge in [0.2, 0.25) is 0 Å². The van der Waals surface area contributed by atoms with Crippen molar-refractivity contribution in [2.24, 2.45) is 0 Å². The summed E-state index contributed by atoms with van der Waals surface area (Å²) in [7, 11) is 0. The third-order valence-corrected chi connectivity index (χ3v) is 6.02. The van der Waals surface area contributed by atoms with Crippen molar-refractivity contribution in [3.05, 3.63) is 87.6 Å². The van der Waals surface area contributed by atoms with Crippen LogP contribution in [0.2, 0.25) is 0 Å². The minimum Gasteiger partial charge on any atom is -0.383 e. The van der Waals surface area contributed by atoms with E-state index in [-0.39, 0.29) is 5.91 Å². The van der Waals surface area contributed by atoms with E-state index in [4.69, 9.17) is 0 Å². The molecule has 0 spiro atoms. The van der Waals surface area contributed by atoms with Crippen LogP contribution < -0.4 is 5.32 Å². The highest BCUT2D eigenvalue weighted by Crippen LogP contribution is 2.28. The van der Waals surface area contributed by atoms with Gasteiger partial charge in [-0.15, -0.1) is 23.1 Å². The number of aliphatic hydroxyl groups is 1. The Kier molecular flexibility index (Phi) is 6.50.